The van der Waals surface area contributed by atoms with Crippen molar-refractivity contribution in [2.24, 2.45) is 11.8 Å². The summed E-state index contributed by atoms with van der Waals surface area (Å²) < 4.78 is 5.39. The molecule has 0 aromatic heterocycles. The van der Waals surface area contributed by atoms with Crippen molar-refractivity contribution in [1.29, 1.82) is 0 Å². The first kappa shape index (κ1) is 23.6. The summed E-state index contributed by atoms with van der Waals surface area (Å²) in [5.74, 6) is -2.45. The molecule has 0 spiro atoms. The molecule has 2 saturated heterocycles. The topological polar surface area (TPSA) is 79.0 Å². The summed E-state index contributed by atoms with van der Waals surface area (Å²) in [5, 5.41) is 3.71. The van der Waals surface area contributed by atoms with Crippen LogP contribution in [0.5, 0.6) is 5.75 Å². The van der Waals surface area contributed by atoms with Crippen molar-refractivity contribution in [3.8, 4) is 5.75 Å². The maximum Gasteiger partial charge on any atom is 0.248 e. The number of hydrogen-bond donors (Lipinski definition) is 1. The third kappa shape index (κ3) is 3.69. The van der Waals surface area contributed by atoms with Crippen LogP contribution in [0, 0.1) is 11.8 Å². The molecule has 3 aliphatic heterocycles. The first-order valence-corrected chi connectivity index (χ1v) is 12.5. The van der Waals surface area contributed by atoms with Crippen LogP contribution in [0.4, 0.5) is 11.4 Å². The van der Waals surface area contributed by atoms with Crippen molar-refractivity contribution >= 4 is 58.4 Å². The highest BCUT2D eigenvalue weighted by atomic mass is 35.5. The zero-order valence-electron chi connectivity index (χ0n) is 19.6. The predicted molar refractivity (Wildman–Crippen MR) is 141 cm³/mol. The number of hydrogen-bond acceptors (Lipinski definition) is 5. The molecule has 0 radical (unpaired) electrons. The van der Waals surface area contributed by atoms with E-state index in [1.54, 1.807) is 48.7 Å². The van der Waals surface area contributed by atoms with Crippen LogP contribution in [-0.2, 0) is 14.4 Å². The number of rotatable bonds is 4. The Kier molecular flexibility index (Phi) is 5.70. The lowest BCUT2D eigenvalue weighted by molar-refractivity contribution is -0.128. The van der Waals surface area contributed by atoms with Gasteiger partial charge in [0.05, 0.1) is 36.4 Å². The van der Waals surface area contributed by atoms with E-state index in [0.29, 0.717) is 27.2 Å². The first-order chi connectivity index (χ1) is 17.9. The molecule has 3 aliphatic rings. The average Bonchev–Trinajstić information content (AvgIpc) is 3.36. The smallest absolute Gasteiger partial charge is 0.248 e. The molecular formula is C28H21Cl2N3O4. The summed E-state index contributed by atoms with van der Waals surface area (Å²) in [4.78, 5) is 44.6. The highest BCUT2D eigenvalue weighted by Crippen LogP contribution is 2.53. The summed E-state index contributed by atoms with van der Waals surface area (Å²) in [6.07, 6.45) is 3.70. The normalized spacial score (nSPS) is 23.5. The number of benzene rings is 3. The van der Waals surface area contributed by atoms with Crippen LogP contribution in [0.15, 0.2) is 72.9 Å². The van der Waals surface area contributed by atoms with Gasteiger partial charge in [0, 0.05) is 16.2 Å². The Bertz CT molecular complexity index is 1490. The second-order valence-electron chi connectivity index (χ2n) is 9.16. The van der Waals surface area contributed by atoms with Crippen LogP contribution in [0.3, 0.4) is 0 Å². The van der Waals surface area contributed by atoms with E-state index in [2.05, 4.69) is 5.32 Å². The predicted octanol–water partition coefficient (Wildman–Crippen LogP) is 5.16. The maximum atomic E-state index is 13.9. The lowest BCUT2D eigenvalue weighted by atomic mass is 9.84. The molecule has 0 bridgehead atoms. The quantitative estimate of drug-likeness (QED) is 0.469. The van der Waals surface area contributed by atoms with Gasteiger partial charge in [-0.05, 0) is 53.6 Å². The molecule has 4 atom stereocenters. The van der Waals surface area contributed by atoms with Crippen LogP contribution in [0.2, 0.25) is 10.0 Å². The molecule has 0 aliphatic carbocycles. The van der Waals surface area contributed by atoms with Gasteiger partial charge in [0.2, 0.25) is 17.7 Å². The Morgan fingerprint density at radius 2 is 1.68 bits per heavy atom. The van der Waals surface area contributed by atoms with Gasteiger partial charge in [-0.1, -0.05) is 53.5 Å². The van der Waals surface area contributed by atoms with E-state index in [0.717, 1.165) is 11.1 Å². The Morgan fingerprint density at radius 3 is 2.46 bits per heavy atom. The van der Waals surface area contributed by atoms with Crippen molar-refractivity contribution in [1.82, 2.24) is 4.90 Å². The van der Waals surface area contributed by atoms with Gasteiger partial charge in [-0.25, -0.2) is 4.90 Å². The molecule has 1 unspecified atom stereocenters. The number of ether oxygens (including phenoxy) is 1. The van der Waals surface area contributed by atoms with Gasteiger partial charge in [-0.3, -0.25) is 14.4 Å². The number of fused-ring (bicyclic) bond motifs is 5. The van der Waals surface area contributed by atoms with Crippen LogP contribution < -0.4 is 15.0 Å². The van der Waals surface area contributed by atoms with Gasteiger partial charge >= 0.3 is 0 Å². The molecule has 9 heteroatoms. The lowest BCUT2D eigenvalue weighted by Crippen LogP contribution is -2.46. The van der Waals surface area contributed by atoms with Gasteiger partial charge < -0.3 is 15.0 Å². The summed E-state index contributed by atoms with van der Waals surface area (Å²) >= 11 is 12.3. The highest BCUT2D eigenvalue weighted by Gasteiger charge is 2.64. The molecule has 3 aromatic carbocycles. The van der Waals surface area contributed by atoms with Gasteiger partial charge in [0.25, 0.3) is 0 Å². The summed E-state index contributed by atoms with van der Waals surface area (Å²) in [6, 6.07) is 17.8. The fourth-order valence-corrected chi connectivity index (χ4v) is 6.07. The van der Waals surface area contributed by atoms with Crippen molar-refractivity contribution in [3.05, 3.63) is 94.1 Å². The van der Waals surface area contributed by atoms with Gasteiger partial charge in [-0.2, -0.15) is 0 Å². The molecular weight excluding hydrogens is 513 g/mol. The summed E-state index contributed by atoms with van der Waals surface area (Å²) in [5.41, 5.74) is 2.61. The minimum absolute atomic E-state index is 0.354. The number of anilines is 2. The monoisotopic (exact) mass is 533 g/mol. The first-order valence-electron chi connectivity index (χ1n) is 11.7. The highest BCUT2D eigenvalue weighted by molar-refractivity contribution is 6.32. The average molecular weight is 534 g/mol. The molecule has 1 N–H and O–H groups in total. The van der Waals surface area contributed by atoms with E-state index in [9.17, 15) is 14.4 Å². The van der Waals surface area contributed by atoms with Crippen molar-refractivity contribution < 1.29 is 19.1 Å². The molecule has 6 rings (SSSR count). The second kappa shape index (κ2) is 8.94. The van der Waals surface area contributed by atoms with E-state index in [1.807, 2.05) is 35.2 Å². The van der Waals surface area contributed by atoms with Gasteiger partial charge in [-0.15, -0.1) is 0 Å². The summed E-state index contributed by atoms with van der Waals surface area (Å²) in [7, 11) is 1.49. The van der Waals surface area contributed by atoms with E-state index in [-0.39, 0.29) is 5.91 Å². The Labute approximate surface area is 223 Å². The molecule has 37 heavy (non-hydrogen) atoms. The number of imide groups is 1. The van der Waals surface area contributed by atoms with Crippen molar-refractivity contribution in [2.45, 2.75) is 12.1 Å². The maximum absolute atomic E-state index is 13.9. The number of nitrogens with zero attached hydrogens (tertiary/aromatic N) is 2. The van der Waals surface area contributed by atoms with E-state index < -0.39 is 35.7 Å². The van der Waals surface area contributed by atoms with Crippen LogP contribution in [-0.4, -0.2) is 35.8 Å². The molecule has 0 saturated carbocycles. The minimum atomic E-state index is -0.941. The van der Waals surface area contributed by atoms with E-state index in [1.165, 1.54) is 12.0 Å². The molecule has 3 aromatic rings. The number of methoxy groups -OCH3 is 1. The lowest BCUT2D eigenvalue weighted by Gasteiger charge is -2.35. The molecule has 2 fully saturated rings. The third-order valence-corrected chi connectivity index (χ3v) is 7.69. The third-order valence-electron chi connectivity index (χ3n) is 7.22. The Morgan fingerprint density at radius 1 is 0.919 bits per heavy atom. The molecule has 3 amide bonds. The fraction of sp³-hybridized carbons (Fsp3) is 0.179. The number of carbonyl (C=O) groups excluding carboxylic acids is 3. The van der Waals surface area contributed by atoms with Crippen molar-refractivity contribution in [3.63, 3.8) is 0 Å². The largest absolute Gasteiger partial charge is 0.495 e. The zero-order valence-corrected chi connectivity index (χ0v) is 21.1. The number of halogens is 2. The minimum Gasteiger partial charge on any atom is -0.495 e. The molecule has 186 valence electrons. The second-order valence-corrected chi connectivity index (χ2v) is 10.0. The number of amides is 3. The SMILES string of the molecule is COc1ccc(Cl)cc1NC(=O)[C@@H]1[C@@H]2C(=O)N(c3cccc(Cl)c3)C(=O)[C@@H]2C2c3ccccc3C=CN21. The molecule has 3 heterocycles. The number of nitrogens with one attached hydrogen (secondary N) is 1. The fourth-order valence-electron chi connectivity index (χ4n) is 5.71. The van der Waals surface area contributed by atoms with Gasteiger partial charge in [0.1, 0.15) is 11.8 Å². The standard InChI is InChI=1S/C28H21Cl2N3O4/c1-37-21-10-9-17(30)14-20(21)31-26(34)25-23-22(24-19-8-3-2-5-15(19)11-12-32(24)25)27(35)33(28(23)36)18-7-4-6-16(29)13-18/h2-14,22-25H,1H3,(H,31,34)/t22-,23+,24?,25-/m0/s1. The molecule has 7 nitrogen and oxygen atoms in total. The Hall–Kier alpha value is -3.81. The summed E-state index contributed by atoms with van der Waals surface area (Å²) in [6.45, 7) is 0. The van der Waals surface area contributed by atoms with Crippen LogP contribution >= 0.6 is 23.2 Å². The van der Waals surface area contributed by atoms with E-state index >= 15 is 0 Å². The number of carbonyl (C=O) groups is 3. The van der Waals surface area contributed by atoms with Crippen LogP contribution in [0.25, 0.3) is 6.08 Å². The van der Waals surface area contributed by atoms with E-state index in [4.69, 9.17) is 27.9 Å². The zero-order chi connectivity index (χ0) is 25.8. The van der Waals surface area contributed by atoms with Crippen molar-refractivity contribution in [2.75, 3.05) is 17.3 Å². The van der Waals surface area contributed by atoms with Gasteiger partial charge in [0.15, 0.2) is 0 Å². The van der Waals surface area contributed by atoms with Crippen LogP contribution in [0.1, 0.15) is 17.2 Å². The Balaban J connectivity index is 1.45.